The Labute approximate surface area is 107 Å². The largest absolute Gasteiger partial charge is 0.463 e. The van der Waals surface area contributed by atoms with Gasteiger partial charge in [0, 0.05) is 0 Å². The quantitative estimate of drug-likeness (QED) is 0.527. The number of fused-ring (bicyclic) bond motifs is 2. The number of aliphatic hydroxyl groups is 1. The van der Waals surface area contributed by atoms with Gasteiger partial charge in [-0.15, -0.1) is 0 Å². The molecule has 0 aromatic carbocycles. The molecule has 0 fully saturated rings. The number of hydrogen-bond donors (Lipinski definition) is 1. The highest BCUT2D eigenvalue weighted by Gasteiger charge is 2.28. The number of hydrogen-bond acceptors (Lipinski definition) is 4. The lowest BCUT2D eigenvalue weighted by Crippen LogP contribution is -2.37. The SMILES string of the molecule is CC1CCCC=CC2C=CC(O)C(CC(=O)O1)O2. The highest BCUT2D eigenvalue weighted by atomic mass is 16.5. The first-order valence-electron chi connectivity index (χ1n) is 6.53. The Balaban J connectivity index is 2.08. The number of rotatable bonds is 0. The summed E-state index contributed by atoms with van der Waals surface area (Å²) in [7, 11) is 0. The number of carbonyl (C=O) groups is 1. The number of ether oxygens (including phenoxy) is 2. The second-order valence-corrected chi connectivity index (χ2v) is 4.88. The van der Waals surface area contributed by atoms with Gasteiger partial charge < -0.3 is 14.6 Å². The summed E-state index contributed by atoms with van der Waals surface area (Å²) >= 11 is 0. The van der Waals surface area contributed by atoms with Crippen molar-refractivity contribution < 1.29 is 19.4 Å². The minimum Gasteiger partial charge on any atom is -0.463 e. The molecule has 2 aliphatic heterocycles. The van der Waals surface area contributed by atoms with Crippen LogP contribution in [0.15, 0.2) is 24.3 Å². The lowest BCUT2D eigenvalue weighted by Gasteiger charge is -2.28. The van der Waals surface area contributed by atoms with E-state index < -0.39 is 12.2 Å². The summed E-state index contributed by atoms with van der Waals surface area (Å²) in [6, 6.07) is 0. The average molecular weight is 252 g/mol. The zero-order valence-electron chi connectivity index (χ0n) is 10.6. The van der Waals surface area contributed by atoms with Crippen LogP contribution in [0.3, 0.4) is 0 Å². The molecule has 2 rings (SSSR count). The number of allylic oxidation sites excluding steroid dienone is 1. The van der Waals surface area contributed by atoms with Crippen molar-refractivity contribution in [1.82, 2.24) is 0 Å². The Morgan fingerprint density at radius 1 is 1.33 bits per heavy atom. The van der Waals surface area contributed by atoms with Crippen molar-refractivity contribution in [3.8, 4) is 0 Å². The Morgan fingerprint density at radius 2 is 2.17 bits per heavy atom. The minimum absolute atomic E-state index is 0.0719. The molecule has 18 heavy (non-hydrogen) atoms. The van der Waals surface area contributed by atoms with Crippen molar-refractivity contribution in [1.29, 1.82) is 0 Å². The molecule has 0 spiro atoms. The van der Waals surface area contributed by atoms with Crippen molar-refractivity contribution in [2.75, 3.05) is 0 Å². The van der Waals surface area contributed by atoms with E-state index in [1.54, 1.807) is 6.08 Å². The third-order valence-corrected chi connectivity index (χ3v) is 3.22. The van der Waals surface area contributed by atoms with Crippen molar-refractivity contribution in [3.63, 3.8) is 0 Å². The molecule has 0 radical (unpaired) electrons. The molecule has 2 heterocycles. The van der Waals surface area contributed by atoms with Gasteiger partial charge >= 0.3 is 5.97 Å². The summed E-state index contributed by atoms with van der Waals surface area (Å²) in [5, 5.41) is 9.77. The van der Waals surface area contributed by atoms with Crippen molar-refractivity contribution in [3.05, 3.63) is 24.3 Å². The Bertz CT molecular complexity index is 348. The van der Waals surface area contributed by atoms with Crippen LogP contribution < -0.4 is 0 Å². The molecule has 0 saturated heterocycles. The van der Waals surface area contributed by atoms with Crippen molar-refractivity contribution in [2.24, 2.45) is 0 Å². The second kappa shape index (κ2) is 6.16. The molecule has 0 aromatic rings. The van der Waals surface area contributed by atoms with Crippen LogP contribution in [0.5, 0.6) is 0 Å². The third kappa shape index (κ3) is 3.68. The van der Waals surface area contributed by atoms with Crippen LogP contribution >= 0.6 is 0 Å². The normalized spacial score (nSPS) is 37.6. The molecule has 0 aliphatic carbocycles. The first kappa shape index (κ1) is 13.3. The smallest absolute Gasteiger partial charge is 0.308 e. The molecule has 1 N–H and O–H groups in total. The maximum absolute atomic E-state index is 11.7. The van der Waals surface area contributed by atoms with Gasteiger partial charge in [-0.2, -0.15) is 0 Å². The van der Waals surface area contributed by atoms with Gasteiger partial charge in [-0.1, -0.05) is 24.3 Å². The maximum atomic E-state index is 11.7. The molecule has 4 nitrogen and oxygen atoms in total. The highest BCUT2D eigenvalue weighted by Crippen LogP contribution is 2.19. The van der Waals surface area contributed by atoms with E-state index in [0.717, 1.165) is 19.3 Å². The van der Waals surface area contributed by atoms with Crippen LogP contribution in [0.2, 0.25) is 0 Å². The van der Waals surface area contributed by atoms with Gasteiger partial charge in [-0.3, -0.25) is 4.79 Å². The zero-order chi connectivity index (χ0) is 13.0. The van der Waals surface area contributed by atoms with Gasteiger partial charge in [0.25, 0.3) is 0 Å². The summed E-state index contributed by atoms with van der Waals surface area (Å²) in [6.45, 7) is 1.90. The Kier molecular flexibility index (Phi) is 4.55. The number of carbonyl (C=O) groups excluding carboxylic acids is 1. The maximum Gasteiger partial charge on any atom is 0.308 e. The van der Waals surface area contributed by atoms with E-state index in [4.69, 9.17) is 9.47 Å². The molecule has 0 aromatic heterocycles. The van der Waals surface area contributed by atoms with Gasteiger partial charge in [-0.05, 0) is 26.2 Å². The van der Waals surface area contributed by atoms with E-state index in [9.17, 15) is 9.90 Å². The van der Waals surface area contributed by atoms with E-state index in [2.05, 4.69) is 6.08 Å². The topological polar surface area (TPSA) is 55.8 Å². The lowest BCUT2D eigenvalue weighted by atomic mass is 10.0. The predicted molar refractivity (Wildman–Crippen MR) is 67.0 cm³/mol. The standard InChI is InChI=1S/C14H20O4/c1-10-5-3-2-4-6-11-7-8-12(15)13(18-11)9-14(16)17-10/h4,6-8,10-13,15H,2-3,5,9H2,1H3. The zero-order valence-corrected chi connectivity index (χ0v) is 10.6. The fourth-order valence-electron chi connectivity index (χ4n) is 2.20. The van der Waals surface area contributed by atoms with E-state index in [1.807, 2.05) is 19.1 Å². The van der Waals surface area contributed by atoms with Gasteiger partial charge in [0.15, 0.2) is 0 Å². The summed E-state index contributed by atoms with van der Waals surface area (Å²) in [5.41, 5.74) is 0. The van der Waals surface area contributed by atoms with E-state index in [0.29, 0.717) is 0 Å². The Morgan fingerprint density at radius 3 is 3.00 bits per heavy atom. The van der Waals surface area contributed by atoms with Crippen molar-refractivity contribution in [2.45, 2.75) is 57.0 Å². The summed E-state index contributed by atoms with van der Waals surface area (Å²) in [6.07, 6.45) is 9.00. The monoisotopic (exact) mass is 252 g/mol. The summed E-state index contributed by atoms with van der Waals surface area (Å²) in [4.78, 5) is 11.7. The average Bonchev–Trinajstić information content (AvgIpc) is 2.31. The molecule has 2 aliphatic rings. The number of aliphatic hydroxyl groups excluding tert-OH is 1. The second-order valence-electron chi connectivity index (χ2n) is 4.88. The molecule has 0 saturated carbocycles. The molecule has 4 atom stereocenters. The van der Waals surface area contributed by atoms with Crippen molar-refractivity contribution >= 4 is 5.97 Å². The molecule has 2 bridgehead atoms. The van der Waals surface area contributed by atoms with E-state index in [1.165, 1.54) is 0 Å². The minimum atomic E-state index is -0.736. The van der Waals surface area contributed by atoms with E-state index >= 15 is 0 Å². The van der Waals surface area contributed by atoms with Crippen LogP contribution in [0.4, 0.5) is 0 Å². The van der Waals surface area contributed by atoms with Gasteiger partial charge in [0.2, 0.25) is 0 Å². The Hall–Kier alpha value is -1.13. The molecular weight excluding hydrogens is 232 g/mol. The molecule has 0 amide bonds. The molecule has 4 unspecified atom stereocenters. The van der Waals surface area contributed by atoms with Gasteiger partial charge in [-0.25, -0.2) is 0 Å². The predicted octanol–water partition coefficient (Wildman–Crippen LogP) is 1.73. The van der Waals surface area contributed by atoms with Crippen LogP contribution in [0.1, 0.15) is 32.6 Å². The first-order valence-corrected chi connectivity index (χ1v) is 6.53. The molecule has 4 heteroatoms. The van der Waals surface area contributed by atoms with E-state index in [-0.39, 0.29) is 24.6 Å². The van der Waals surface area contributed by atoms with Crippen LogP contribution in [0, 0.1) is 0 Å². The number of esters is 1. The molecule has 100 valence electrons. The number of cyclic esters (lactones) is 1. The molecular formula is C14H20O4. The van der Waals surface area contributed by atoms with Crippen LogP contribution in [0.25, 0.3) is 0 Å². The fourth-order valence-corrected chi connectivity index (χ4v) is 2.20. The van der Waals surface area contributed by atoms with Crippen LogP contribution in [-0.2, 0) is 14.3 Å². The highest BCUT2D eigenvalue weighted by molar-refractivity contribution is 5.70. The third-order valence-electron chi connectivity index (χ3n) is 3.22. The first-order chi connectivity index (χ1) is 8.65. The lowest BCUT2D eigenvalue weighted by molar-refractivity contribution is -0.154. The summed E-state index contributed by atoms with van der Waals surface area (Å²) in [5.74, 6) is -0.301. The van der Waals surface area contributed by atoms with Gasteiger partial charge in [0.05, 0.1) is 30.8 Å². The summed E-state index contributed by atoms with van der Waals surface area (Å²) < 4.78 is 10.9. The van der Waals surface area contributed by atoms with Gasteiger partial charge in [0.1, 0.15) is 0 Å². The fraction of sp³-hybridized carbons (Fsp3) is 0.643. The van der Waals surface area contributed by atoms with Crippen LogP contribution in [-0.4, -0.2) is 35.5 Å².